The Morgan fingerprint density at radius 1 is 1.47 bits per heavy atom. The van der Waals surface area contributed by atoms with Gasteiger partial charge in [0.2, 0.25) is 0 Å². The van der Waals surface area contributed by atoms with Gasteiger partial charge in [0.25, 0.3) is 0 Å². The minimum atomic E-state index is 0.195. The molecule has 0 radical (unpaired) electrons. The van der Waals surface area contributed by atoms with E-state index in [1.54, 1.807) is 7.11 Å². The predicted octanol–water partition coefficient (Wildman–Crippen LogP) is 3.36. The Balaban J connectivity index is 2.78. The third-order valence-electron chi connectivity index (χ3n) is 2.25. The lowest BCUT2D eigenvalue weighted by atomic mass is 10.0. The summed E-state index contributed by atoms with van der Waals surface area (Å²) in [6.45, 7) is 1.94. The van der Waals surface area contributed by atoms with Crippen molar-refractivity contribution in [1.29, 1.82) is 0 Å². The van der Waals surface area contributed by atoms with Crippen LogP contribution in [-0.4, -0.2) is 18.2 Å². The Morgan fingerprint density at radius 2 is 2.20 bits per heavy atom. The summed E-state index contributed by atoms with van der Waals surface area (Å²) in [5, 5.41) is 0.869. The number of benzene rings is 1. The summed E-state index contributed by atoms with van der Waals surface area (Å²) in [5.41, 5.74) is 1.77. The van der Waals surface area contributed by atoms with E-state index in [2.05, 4.69) is 15.9 Å². The summed E-state index contributed by atoms with van der Waals surface area (Å²) < 4.78 is 5.14. The Hall–Kier alpha value is -0.830. The van der Waals surface area contributed by atoms with Gasteiger partial charge in [0, 0.05) is 17.3 Å². The molecule has 1 aromatic rings. The standard InChI is InChI=1S/C12H15BrO2/c1-9-8-10(5-6-12(9)15-2)11(14)4-3-7-13/h5-6,8H,3-4,7H2,1-2H3. The van der Waals surface area contributed by atoms with Crippen LogP contribution in [0.2, 0.25) is 0 Å². The highest BCUT2D eigenvalue weighted by molar-refractivity contribution is 9.09. The zero-order valence-corrected chi connectivity index (χ0v) is 10.6. The van der Waals surface area contributed by atoms with Crippen LogP contribution in [-0.2, 0) is 0 Å². The van der Waals surface area contributed by atoms with Crippen LogP contribution >= 0.6 is 15.9 Å². The maximum atomic E-state index is 11.7. The summed E-state index contributed by atoms with van der Waals surface area (Å²) in [4.78, 5) is 11.7. The second-order valence-corrected chi connectivity index (χ2v) is 4.19. The number of ether oxygens (including phenoxy) is 1. The first-order valence-corrected chi connectivity index (χ1v) is 6.05. The van der Waals surface area contributed by atoms with Crippen molar-refractivity contribution < 1.29 is 9.53 Å². The smallest absolute Gasteiger partial charge is 0.162 e. The molecule has 0 aliphatic carbocycles. The third-order valence-corrected chi connectivity index (χ3v) is 2.82. The normalized spacial score (nSPS) is 10.1. The van der Waals surface area contributed by atoms with Gasteiger partial charge in [0.1, 0.15) is 5.75 Å². The van der Waals surface area contributed by atoms with Crippen LogP contribution < -0.4 is 4.74 Å². The lowest BCUT2D eigenvalue weighted by Crippen LogP contribution is -2.00. The fourth-order valence-corrected chi connectivity index (χ4v) is 1.70. The van der Waals surface area contributed by atoms with Crippen molar-refractivity contribution in [1.82, 2.24) is 0 Å². The largest absolute Gasteiger partial charge is 0.496 e. The van der Waals surface area contributed by atoms with Gasteiger partial charge in [-0.2, -0.15) is 0 Å². The van der Waals surface area contributed by atoms with Crippen LogP contribution in [0.4, 0.5) is 0 Å². The molecule has 0 saturated carbocycles. The van der Waals surface area contributed by atoms with Crippen molar-refractivity contribution in [3.63, 3.8) is 0 Å². The molecule has 0 aliphatic heterocycles. The highest BCUT2D eigenvalue weighted by Crippen LogP contribution is 2.19. The zero-order valence-electron chi connectivity index (χ0n) is 9.05. The van der Waals surface area contributed by atoms with Gasteiger partial charge in [-0.1, -0.05) is 15.9 Å². The number of methoxy groups -OCH3 is 1. The SMILES string of the molecule is COc1ccc(C(=O)CCCBr)cc1C. The molecule has 0 unspecified atom stereocenters. The molecule has 3 heteroatoms. The van der Waals surface area contributed by atoms with E-state index in [-0.39, 0.29) is 5.78 Å². The molecule has 0 N–H and O–H groups in total. The van der Waals surface area contributed by atoms with Crippen LogP contribution in [0, 0.1) is 6.92 Å². The average molecular weight is 271 g/mol. The van der Waals surface area contributed by atoms with Gasteiger partial charge in [-0.3, -0.25) is 4.79 Å². The molecule has 82 valence electrons. The van der Waals surface area contributed by atoms with Crippen molar-refractivity contribution >= 4 is 21.7 Å². The maximum absolute atomic E-state index is 11.7. The van der Waals surface area contributed by atoms with Crippen molar-refractivity contribution in [3.8, 4) is 5.75 Å². The summed E-state index contributed by atoms with van der Waals surface area (Å²) in [6.07, 6.45) is 1.47. The Kier molecular flexibility index (Phi) is 4.82. The molecular weight excluding hydrogens is 256 g/mol. The molecule has 1 aromatic carbocycles. The van der Waals surface area contributed by atoms with Gasteiger partial charge < -0.3 is 4.74 Å². The number of ketones is 1. The van der Waals surface area contributed by atoms with E-state index in [0.29, 0.717) is 6.42 Å². The molecular formula is C12H15BrO2. The number of rotatable bonds is 5. The van der Waals surface area contributed by atoms with Gasteiger partial charge in [-0.05, 0) is 37.1 Å². The lowest BCUT2D eigenvalue weighted by Gasteiger charge is -2.06. The van der Waals surface area contributed by atoms with Crippen LogP contribution in [0.3, 0.4) is 0 Å². The van der Waals surface area contributed by atoms with Gasteiger partial charge in [0.05, 0.1) is 7.11 Å². The first-order valence-electron chi connectivity index (χ1n) is 4.93. The number of carbonyl (C=O) groups excluding carboxylic acids is 1. The van der Waals surface area contributed by atoms with Crippen molar-refractivity contribution in [2.75, 3.05) is 12.4 Å². The first kappa shape index (κ1) is 12.2. The highest BCUT2D eigenvalue weighted by atomic mass is 79.9. The van der Waals surface area contributed by atoms with Crippen LogP contribution in [0.1, 0.15) is 28.8 Å². The third kappa shape index (κ3) is 3.34. The van der Waals surface area contributed by atoms with Crippen molar-refractivity contribution in [3.05, 3.63) is 29.3 Å². The first-order chi connectivity index (χ1) is 7.19. The number of alkyl halides is 1. The number of aryl methyl sites for hydroxylation is 1. The zero-order chi connectivity index (χ0) is 11.3. The average Bonchev–Trinajstić information content (AvgIpc) is 2.25. The van der Waals surface area contributed by atoms with Crippen LogP contribution in [0.25, 0.3) is 0 Å². The van der Waals surface area contributed by atoms with Gasteiger partial charge in [-0.15, -0.1) is 0 Å². The van der Waals surface area contributed by atoms with E-state index in [1.165, 1.54) is 0 Å². The summed E-state index contributed by atoms with van der Waals surface area (Å²) in [7, 11) is 1.63. The Labute approximate surface area is 98.8 Å². The summed E-state index contributed by atoms with van der Waals surface area (Å²) in [5.74, 6) is 1.02. The fraction of sp³-hybridized carbons (Fsp3) is 0.417. The predicted molar refractivity (Wildman–Crippen MR) is 65.1 cm³/mol. The van der Waals surface area contributed by atoms with E-state index in [9.17, 15) is 4.79 Å². The number of halogens is 1. The molecule has 15 heavy (non-hydrogen) atoms. The minimum absolute atomic E-state index is 0.195. The fourth-order valence-electron chi connectivity index (χ4n) is 1.42. The lowest BCUT2D eigenvalue weighted by molar-refractivity contribution is 0.0982. The molecule has 0 heterocycles. The molecule has 0 bridgehead atoms. The van der Waals surface area contributed by atoms with Crippen LogP contribution in [0.5, 0.6) is 5.75 Å². The van der Waals surface area contributed by atoms with E-state index in [0.717, 1.165) is 28.6 Å². The Morgan fingerprint density at radius 3 is 2.73 bits per heavy atom. The molecule has 0 atom stereocenters. The monoisotopic (exact) mass is 270 g/mol. The molecule has 0 amide bonds. The van der Waals surface area contributed by atoms with Crippen LogP contribution in [0.15, 0.2) is 18.2 Å². The molecule has 0 spiro atoms. The molecule has 0 fully saturated rings. The highest BCUT2D eigenvalue weighted by Gasteiger charge is 2.07. The number of carbonyl (C=O) groups is 1. The van der Waals surface area contributed by atoms with Gasteiger partial charge in [0.15, 0.2) is 5.78 Å². The van der Waals surface area contributed by atoms with E-state index in [4.69, 9.17) is 4.74 Å². The topological polar surface area (TPSA) is 26.3 Å². The number of Topliss-reactive ketones (excluding diaryl/α,β-unsaturated/α-hetero) is 1. The van der Waals surface area contributed by atoms with Gasteiger partial charge in [-0.25, -0.2) is 0 Å². The molecule has 0 aromatic heterocycles. The van der Waals surface area contributed by atoms with Crippen molar-refractivity contribution in [2.45, 2.75) is 19.8 Å². The molecule has 1 rings (SSSR count). The Bertz CT molecular complexity index is 347. The maximum Gasteiger partial charge on any atom is 0.162 e. The van der Waals surface area contributed by atoms with Gasteiger partial charge >= 0.3 is 0 Å². The second-order valence-electron chi connectivity index (χ2n) is 3.40. The summed E-state index contributed by atoms with van der Waals surface area (Å²) >= 11 is 3.32. The van der Waals surface area contributed by atoms with Crippen molar-refractivity contribution in [2.24, 2.45) is 0 Å². The number of hydrogen-bond acceptors (Lipinski definition) is 2. The van der Waals surface area contributed by atoms with E-state index in [1.807, 2.05) is 25.1 Å². The molecule has 0 aliphatic rings. The quantitative estimate of drug-likeness (QED) is 0.606. The minimum Gasteiger partial charge on any atom is -0.496 e. The van der Waals surface area contributed by atoms with E-state index < -0.39 is 0 Å². The number of hydrogen-bond donors (Lipinski definition) is 0. The molecule has 2 nitrogen and oxygen atoms in total. The second kappa shape index (κ2) is 5.91. The summed E-state index contributed by atoms with van der Waals surface area (Å²) in [6, 6.07) is 5.55. The van der Waals surface area contributed by atoms with E-state index >= 15 is 0 Å². The molecule has 0 saturated heterocycles.